The highest BCUT2D eigenvalue weighted by atomic mass is 32.2. The van der Waals surface area contributed by atoms with Crippen molar-refractivity contribution >= 4 is 28.6 Å². The van der Waals surface area contributed by atoms with E-state index in [1.165, 1.54) is 11.8 Å². The van der Waals surface area contributed by atoms with Crippen LogP contribution in [0.1, 0.15) is 17.4 Å². The first-order valence-corrected chi connectivity index (χ1v) is 5.97. The summed E-state index contributed by atoms with van der Waals surface area (Å²) < 4.78 is 0. The van der Waals surface area contributed by atoms with Crippen molar-refractivity contribution in [1.29, 1.82) is 0 Å². The molecule has 1 aromatic heterocycles. The lowest BCUT2D eigenvalue weighted by Gasteiger charge is -2.05. The van der Waals surface area contributed by atoms with Crippen molar-refractivity contribution in [3.63, 3.8) is 0 Å². The minimum atomic E-state index is -0.971. The van der Waals surface area contributed by atoms with Crippen LogP contribution in [0.4, 0.5) is 0 Å². The second-order valence-corrected chi connectivity index (χ2v) is 4.57. The average Bonchev–Trinajstić information content (AvgIpc) is 2.28. The Labute approximate surface area is 97.5 Å². The standard InChI is InChI=1S/C12H11NO2S/c1-2-16-10-7-8-5-3-4-6-9(8)13-11(10)12(14)15/h3-7H,2H2,1H3,(H,14,15). The van der Waals surface area contributed by atoms with E-state index in [4.69, 9.17) is 5.11 Å². The zero-order valence-corrected chi connectivity index (χ0v) is 9.62. The fourth-order valence-electron chi connectivity index (χ4n) is 1.52. The van der Waals surface area contributed by atoms with Crippen molar-refractivity contribution in [1.82, 2.24) is 4.98 Å². The first-order chi connectivity index (χ1) is 7.72. The maximum Gasteiger partial charge on any atom is 0.355 e. The normalized spacial score (nSPS) is 10.6. The molecule has 0 fully saturated rings. The van der Waals surface area contributed by atoms with Gasteiger partial charge in [-0.3, -0.25) is 0 Å². The first-order valence-electron chi connectivity index (χ1n) is 4.98. The monoisotopic (exact) mass is 233 g/mol. The maximum absolute atomic E-state index is 11.1. The highest BCUT2D eigenvalue weighted by Crippen LogP contribution is 2.25. The Hall–Kier alpha value is -1.55. The number of nitrogens with zero attached hydrogens (tertiary/aromatic N) is 1. The van der Waals surface area contributed by atoms with Gasteiger partial charge in [-0.25, -0.2) is 9.78 Å². The molecule has 4 heteroatoms. The van der Waals surface area contributed by atoms with Gasteiger partial charge in [0.15, 0.2) is 5.69 Å². The Morgan fingerprint density at radius 3 is 2.88 bits per heavy atom. The molecule has 0 aliphatic carbocycles. The number of aromatic nitrogens is 1. The van der Waals surface area contributed by atoms with Crippen molar-refractivity contribution in [2.24, 2.45) is 0 Å². The third-order valence-corrected chi connectivity index (χ3v) is 3.10. The summed E-state index contributed by atoms with van der Waals surface area (Å²) in [6.45, 7) is 1.99. The predicted octanol–water partition coefficient (Wildman–Crippen LogP) is 3.05. The van der Waals surface area contributed by atoms with E-state index >= 15 is 0 Å². The van der Waals surface area contributed by atoms with Crippen LogP contribution in [0, 0.1) is 0 Å². The van der Waals surface area contributed by atoms with E-state index < -0.39 is 5.97 Å². The molecule has 0 atom stereocenters. The Morgan fingerprint density at radius 2 is 2.19 bits per heavy atom. The van der Waals surface area contributed by atoms with Gasteiger partial charge in [0.1, 0.15) is 0 Å². The van der Waals surface area contributed by atoms with Gasteiger partial charge in [0.25, 0.3) is 0 Å². The van der Waals surface area contributed by atoms with Crippen LogP contribution < -0.4 is 0 Å². The number of rotatable bonds is 3. The second kappa shape index (κ2) is 4.53. The molecule has 0 saturated carbocycles. The molecule has 16 heavy (non-hydrogen) atoms. The van der Waals surface area contributed by atoms with Crippen molar-refractivity contribution < 1.29 is 9.90 Å². The topological polar surface area (TPSA) is 50.2 Å². The molecule has 0 unspecified atom stereocenters. The first kappa shape index (κ1) is 11.0. The van der Waals surface area contributed by atoms with Gasteiger partial charge in [-0.1, -0.05) is 25.1 Å². The van der Waals surface area contributed by atoms with Crippen LogP contribution in [-0.2, 0) is 0 Å². The van der Waals surface area contributed by atoms with E-state index in [9.17, 15) is 4.79 Å². The number of para-hydroxylation sites is 1. The number of aromatic carboxylic acids is 1. The molecular formula is C12H11NO2S. The number of benzene rings is 1. The largest absolute Gasteiger partial charge is 0.476 e. The van der Waals surface area contributed by atoms with E-state index in [0.29, 0.717) is 0 Å². The van der Waals surface area contributed by atoms with Crippen LogP contribution in [0.25, 0.3) is 10.9 Å². The average molecular weight is 233 g/mol. The van der Waals surface area contributed by atoms with Crippen LogP contribution in [0.15, 0.2) is 35.2 Å². The van der Waals surface area contributed by atoms with E-state index in [1.54, 1.807) is 0 Å². The summed E-state index contributed by atoms with van der Waals surface area (Å²) in [7, 11) is 0. The molecule has 1 aromatic carbocycles. The summed E-state index contributed by atoms with van der Waals surface area (Å²) in [6.07, 6.45) is 0. The van der Waals surface area contributed by atoms with E-state index in [-0.39, 0.29) is 5.69 Å². The van der Waals surface area contributed by atoms with Gasteiger partial charge in [0.2, 0.25) is 0 Å². The quantitative estimate of drug-likeness (QED) is 0.828. The number of hydrogen-bond donors (Lipinski definition) is 1. The SMILES string of the molecule is CCSc1cc2ccccc2nc1C(=O)O. The Bertz CT molecular complexity index is 540. The highest BCUT2D eigenvalue weighted by Gasteiger charge is 2.13. The lowest BCUT2D eigenvalue weighted by molar-refractivity contribution is 0.0687. The molecule has 1 N–H and O–H groups in total. The van der Waals surface area contributed by atoms with Gasteiger partial charge in [0.05, 0.1) is 5.52 Å². The van der Waals surface area contributed by atoms with Crippen molar-refractivity contribution in [3.05, 3.63) is 36.0 Å². The highest BCUT2D eigenvalue weighted by molar-refractivity contribution is 7.99. The van der Waals surface area contributed by atoms with Gasteiger partial charge in [-0.2, -0.15) is 0 Å². The summed E-state index contributed by atoms with van der Waals surface area (Å²) >= 11 is 1.50. The van der Waals surface area contributed by atoms with E-state index in [1.807, 2.05) is 37.3 Å². The molecule has 82 valence electrons. The summed E-state index contributed by atoms with van der Waals surface area (Å²) in [5.41, 5.74) is 0.867. The van der Waals surface area contributed by atoms with E-state index in [2.05, 4.69) is 4.98 Å². The fourth-order valence-corrected chi connectivity index (χ4v) is 2.31. The van der Waals surface area contributed by atoms with Gasteiger partial charge in [-0.05, 0) is 17.9 Å². The third kappa shape index (κ3) is 2.02. The Balaban J connectivity index is 2.65. The maximum atomic E-state index is 11.1. The van der Waals surface area contributed by atoms with Crippen LogP contribution in [0.5, 0.6) is 0 Å². The molecule has 0 amide bonds. The van der Waals surface area contributed by atoms with Crippen molar-refractivity contribution in [2.75, 3.05) is 5.75 Å². The Morgan fingerprint density at radius 1 is 1.44 bits per heavy atom. The molecule has 1 heterocycles. The lowest BCUT2D eigenvalue weighted by atomic mass is 10.2. The third-order valence-electron chi connectivity index (χ3n) is 2.19. The van der Waals surface area contributed by atoms with Crippen LogP contribution in [-0.4, -0.2) is 21.8 Å². The number of carboxylic acids is 1. The molecule has 2 rings (SSSR count). The van der Waals surface area contributed by atoms with Crippen LogP contribution in [0.2, 0.25) is 0 Å². The fraction of sp³-hybridized carbons (Fsp3) is 0.167. The number of pyridine rings is 1. The molecule has 0 aliphatic rings. The zero-order valence-electron chi connectivity index (χ0n) is 8.80. The predicted molar refractivity (Wildman–Crippen MR) is 65.1 cm³/mol. The van der Waals surface area contributed by atoms with Crippen LogP contribution in [0.3, 0.4) is 0 Å². The van der Waals surface area contributed by atoms with Gasteiger partial charge < -0.3 is 5.11 Å². The molecule has 2 aromatic rings. The second-order valence-electron chi connectivity index (χ2n) is 3.27. The summed E-state index contributed by atoms with van der Waals surface area (Å²) in [5.74, 6) is -0.137. The lowest BCUT2D eigenvalue weighted by Crippen LogP contribution is -2.03. The number of hydrogen-bond acceptors (Lipinski definition) is 3. The molecule has 0 radical (unpaired) electrons. The minimum absolute atomic E-state index is 0.144. The molecule has 0 saturated heterocycles. The summed E-state index contributed by atoms with van der Waals surface area (Å²) in [4.78, 5) is 16.0. The van der Waals surface area contributed by atoms with Crippen molar-refractivity contribution in [3.8, 4) is 0 Å². The van der Waals surface area contributed by atoms with E-state index in [0.717, 1.165) is 21.6 Å². The van der Waals surface area contributed by atoms with Gasteiger partial charge >= 0.3 is 5.97 Å². The van der Waals surface area contributed by atoms with Crippen molar-refractivity contribution in [2.45, 2.75) is 11.8 Å². The number of carboxylic acid groups (broad SMARTS) is 1. The molecule has 0 spiro atoms. The smallest absolute Gasteiger partial charge is 0.355 e. The minimum Gasteiger partial charge on any atom is -0.476 e. The summed E-state index contributed by atoms with van der Waals surface area (Å²) in [5, 5.41) is 10.1. The van der Waals surface area contributed by atoms with Gasteiger partial charge in [0, 0.05) is 10.3 Å². The molecule has 0 bridgehead atoms. The molecule has 3 nitrogen and oxygen atoms in total. The number of thioether (sulfide) groups is 1. The Kier molecular flexibility index (Phi) is 3.10. The number of carbonyl (C=O) groups is 1. The molecule has 0 aliphatic heterocycles. The zero-order chi connectivity index (χ0) is 11.5. The van der Waals surface area contributed by atoms with Crippen LogP contribution >= 0.6 is 11.8 Å². The summed E-state index contributed by atoms with van der Waals surface area (Å²) in [6, 6.07) is 9.42. The number of fused-ring (bicyclic) bond motifs is 1. The van der Waals surface area contributed by atoms with Gasteiger partial charge in [-0.15, -0.1) is 11.8 Å². The molecular weight excluding hydrogens is 222 g/mol.